The van der Waals surface area contributed by atoms with Gasteiger partial charge in [-0.05, 0) is 48.3 Å². The molecule has 0 spiro atoms. The van der Waals surface area contributed by atoms with Crippen molar-refractivity contribution in [2.75, 3.05) is 12.4 Å². The van der Waals surface area contributed by atoms with Crippen LogP contribution in [0.3, 0.4) is 0 Å². The summed E-state index contributed by atoms with van der Waals surface area (Å²) in [4.78, 5) is 0. The Morgan fingerprint density at radius 3 is 2.30 bits per heavy atom. The lowest BCUT2D eigenvalue weighted by Gasteiger charge is -2.45. The highest BCUT2D eigenvalue weighted by molar-refractivity contribution is 9.10. The molecule has 0 heterocycles. The molecular formula is C17H26BrNO. The zero-order chi connectivity index (χ0) is 15.0. The highest BCUT2D eigenvalue weighted by atomic mass is 79.9. The fraction of sp³-hybridized carbons (Fsp3) is 0.647. The molecule has 0 atom stereocenters. The molecule has 112 valence electrons. The molecule has 0 saturated heterocycles. The van der Waals surface area contributed by atoms with Crippen molar-refractivity contribution in [3.8, 4) is 5.75 Å². The fourth-order valence-electron chi connectivity index (χ4n) is 3.96. The quantitative estimate of drug-likeness (QED) is 0.787. The van der Waals surface area contributed by atoms with Crippen LogP contribution in [0.25, 0.3) is 0 Å². The van der Waals surface area contributed by atoms with Crippen molar-refractivity contribution < 1.29 is 4.74 Å². The van der Waals surface area contributed by atoms with Crippen molar-refractivity contribution >= 4 is 21.6 Å². The summed E-state index contributed by atoms with van der Waals surface area (Å²) < 4.78 is 6.54. The molecular weight excluding hydrogens is 314 g/mol. The summed E-state index contributed by atoms with van der Waals surface area (Å²) in [6.07, 6.45) is 3.69. The molecule has 1 fully saturated rings. The van der Waals surface area contributed by atoms with E-state index in [1.807, 2.05) is 12.1 Å². The van der Waals surface area contributed by atoms with Crippen LogP contribution in [0.15, 0.2) is 22.7 Å². The Labute approximate surface area is 131 Å². The van der Waals surface area contributed by atoms with Gasteiger partial charge in [-0.2, -0.15) is 0 Å². The summed E-state index contributed by atoms with van der Waals surface area (Å²) in [7, 11) is 1.73. The normalized spacial score (nSPS) is 21.5. The first-order valence-corrected chi connectivity index (χ1v) is 8.10. The maximum Gasteiger partial charge on any atom is 0.142 e. The molecule has 1 saturated carbocycles. The third-order valence-electron chi connectivity index (χ3n) is 4.08. The van der Waals surface area contributed by atoms with Crippen LogP contribution in [0.2, 0.25) is 0 Å². The standard InChI is InChI=1S/C17H26BrNO/c1-16(2)9-13(10-17(3,4)11-16)19-14-8-12(18)6-7-15(14)20-5/h6-8,13,19H,9-11H2,1-5H3. The first-order chi connectivity index (χ1) is 9.21. The monoisotopic (exact) mass is 339 g/mol. The van der Waals surface area contributed by atoms with Crippen LogP contribution in [0.1, 0.15) is 47.0 Å². The van der Waals surface area contributed by atoms with Crippen LogP contribution < -0.4 is 10.1 Å². The van der Waals surface area contributed by atoms with Gasteiger partial charge in [-0.1, -0.05) is 43.6 Å². The molecule has 0 amide bonds. The van der Waals surface area contributed by atoms with Gasteiger partial charge in [-0.15, -0.1) is 0 Å². The Balaban J connectivity index is 2.19. The van der Waals surface area contributed by atoms with Gasteiger partial charge in [0.25, 0.3) is 0 Å². The summed E-state index contributed by atoms with van der Waals surface area (Å²) in [5, 5.41) is 3.70. The van der Waals surface area contributed by atoms with Gasteiger partial charge in [-0.25, -0.2) is 0 Å². The average molecular weight is 340 g/mol. The third kappa shape index (κ3) is 3.91. The maximum absolute atomic E-state index is 5.46. The maximum atomic E-state index is 5.46. The molecule has 2 nitrogen and oxygen atoms in total. The number of hydrogen-bond acceptors (Lipinski definition) is 2. The molecule has 0 aromatic heterocycles. The number of hydrogen-bond donors (Lipinski definition) is 1. The van der Waals surface area contributed by atoms with Gasteiger partial charge in [0.15, 0.2) is 0 Å². The van der Waals surface area contributed by atoms with Crippen molar-refractivity contribution in [2.45, 2.75) is 53.0 Å². The highest BCUT2D eigenvalue weighted by Crippen LogP contribution is 2.46. The zero-order valence-corrected chi connectivity index (χ0v) is 14.8. The van der Waals surface area contributed by atoms with Crippen molar-refractivity contribution in [3.63, 3.8) is 0 Å². The summed E-state index contributed by atoms with van der Waals surface area (Å²) in [5.41, 5.74) is 1.86. The predicted molar refractivity (Wildman–Crippen MR) is 89.5 cm³/mol. The van der Waals surface area contributed by atoms with E-state index in [9.17, 15) is 0 Å². The van der Waals surface area contributed by atoms with Crippen molar-refractivity contribution in [1.82, 2.24) is 0 Å². The lowest BCUT2D eigenvalue weighted by atomic mass is 9.63. The SMILES string of the molecule is COc1ccc(Br)cc1NC1CC(C)(C)CC(C)(C)C1. The van der Waals surface area contributed by atoms with E-state index in [0.717, 1.165) is 15.9 Å². The molecule has 0 aliphatic heterocycles. The Morgan fingerprint density at radius 2 is 1.75 bits per heavy atom. The van der Waals surface area contributed by atoms with Crippen LogP contribution in [0.5, 0.6) is 5.75 Å². The van der Waals surface area contributed by atoms with E-state index in [4.69, 9.17) is 4.74 Å². The summed E-state index contributed by atoms with van der Waals surface area (Å²) in [6, 6.07) is 6.62. The molecule has 1 aromatic rings. The summed E-state index contributed by atoms with van der Waals surface area (Å²) in [5.74, 6) is 0.911. The molecule has 2 rings (SSSR count). The van der Waals surface area contributed by atoms with Gasteiger partial charge in [-0.3, -0.25) is 0 Å². The highest BCUT2D eigenvalue weighted by Gasteiger charge is 2.38. The number of anilines is 1. The smallest absolute Gasteiger partial charge is 0.142 e. The van der Waals surface area contributed by atoms with E-state index in [-0.39, 0.29) is 0 Å². The van der Waals surface area contributed by atoms with Gasteiger partial charge in [0.2, 0.25) is 0 Å². The number of halogens is 1. The van der Waals surface area contributed by atoms with Crippen LogP contribution in [0.4, 0.5) is 5.69 Å². The molecule has 0 unspecified atom stereocenters. The molecule has 1 aliphatic carbocycles. The number of benzene rings is 1. The van der Waals surface area contributed by atoms with Crippen LogP contribution in [-0.4, -0.2) is 13.2 Å². The fourth-order valence-corrected chi connectivity index (χ4v) is 4.32. The molecule has 1 aromatic carbocycles. The summed E-state index contributed by atoms with van der Waals surface area (Å²) in [6.45, 7) is 9.50. The van der Waals surface area contributed by atoms with E-state index >= 15 is 0 Å². The molecule has 3 heteroatoms. The lowest BCUT2D eigenvalue weighted by molar-refractivity contribution is 0.105. The summed E-state index contributed by atoms with van der Waals surface area (Å²) >= 11 is 3.54. The van der Waals surface area contributed by atoms with Gasteiger partial charge >= 0.3 is 0 Å². The minimum absolute atomic E-state index is 0.388. The Hall–Kier alpha value is -0.700. The van der Waals surface area contributed by atoms with Gasteiger partial charge in [0.1, 0.15) is 5.75 Å². The van der Waals surface area contributed by atoms with Crippen molar-refractivity contribution in [2.24, 2.45) is 10.8 Å². The topological polar surface area (TPSA) is 21.3 Å². The molecule has 1 aliphatic rings. The van der Waals surface area contributed by atoms with Crippen molar-refractivity contribution in [3.05, 3.63) is 22.7 Å². The Kier molecular flexibility index (Phi) is 4.38. The van der Waals surface area contributed by atoms with Crippen LogP contribution in [-0.2, 0) is 0 Å². The van der Waals surface area contributed by atoms with Crippen LogP contribution in [0, 0.1) is 10.8 Å². The van der Waals surface area contributed by atoms with E-state index in [1.165, 1.54) is 19.3 Å². The van der Waals surface area contributed by atoms with Gasteiger partial charge < -0.3 is 10.1 Å². The second kappa shape index (κ2) is 5.59. The molecule has 1 N–H and O–H groups in total. The van der Waals surface area contributed by atoms with E-state index in [2.05, 4.69) is 55.0 Å². The second-order valence-corrected chi connectivity index (χ2v) is 8.51. The Bertz CT molecular complexity index is 466. The Morgan fingerprint density at radius 1 is 1.15 bits per heavy atom. The zero-order valence-electron chi connectivity index (χ0n) is 13.2. The number of rotatable bonds is 3. The van der Waals surface area contributed by atoms with Gasteiger partial charge in [0.05, 0.1) is 12.8 Å². The second-order valence-electron chi connectivity index (χ2n) is 7.60. The molecule has 20 heavy (non-hydrogen) atoms. The van der Waals surface area contributed by atoms with E-state index < -0.39 is 0 Å². The minimum atomic E-state index is 0.388. The average Bonchev–Trinajstić information content (AvgIpc) is 2.24. The largest absolute Gasteiger partial charge is 0.495 e. The predicted octanol–water partition coefficient (Wildman–Crippen LogP) is 5.47. The molecule has 0 radical (unpaired) electrons. The number of nitrogens with one attached hydrogen (secondary N) is 1. The van der Waals surface area contributed by atoms with E-state index in [1.54, 1.807) is 7.11 Å². The number of methoxy groups -OCH3 is 1. The van der Waals surface area contributed by atoms with Crippen LogP contribution >= 0.6 is 15.9 Å². The first kappa shape index (κ1) is 15.7. The van der Waals surface area contributed by atoms with Crippen molar-refractivity contribution in [1.29, 1.82) is 0 Å². The number of ether oxygens (including phenoxy) is 1. The van der Waals surface area contributed by atoms with Gasteiger partial charge in [0, 0.05) is 10.5 Å². The first-order valence-electron chi connectivity index (χ1n) is 7.31. The minimum Gasteiger partial charge on any atom is -0.495 e. The van der Waals surface area contributed by atoms with E-state index in [0.29, 0.717) is 16.9 Å². The molecule has 0 bridgehead atoms. The lowest BCUT2D eigenvalue weighted by Crippen LogP contribution is -2.40. The third-order valence-corrected chi connectivity index (χ3v) is 4.57.